The Kier molecular flexibility index (Phi) is 2.21. The maximum Gasteiger partial charge on any atom is 0.271 e. The second-order valence-corrected chi connectivity index (χ2v) is 3.54. The number of nitrogens with one attached hydrogen (secondary N) is 1. The van der Waals surface area contributed by atoms with Crippen molar-refractivity contribution in [1.82, 2.24) is 4.98 Å². The Morgan fingerprint density at radius 2 is 1.93 bits per heavy atom. The van der Waals surface area contributed by atoms with Crippen LogP contribution in [0.5, 0.6) is 0 Å². The summed E-state index contributed by atoms with van der Waals surface area (Å²) < 4.78 is 0. The third-order valence-electron chi connectivity index (χ3n) is 2.04. The first kappa shape index (κ1) is 9.73. The minimum absolute atomic E-state index is 0.104. The lowest BCUT2D eigenvalue weighted by Gasteiger charge is -1.91. The fourth-order valence-corrected chi connectivity index (χ4v) is 1.49. The summed E-state index contributed by atoms with van der Waals surface area (Å²) in [5, 5.41) is 0.829. The Morgan fingerprint density at radius 1 is 1.20 bits per heavy atom. The SMILES string of the molecule is Nc1cc(=O)c2ccc(Cl)cc2[nH]c1=O. The van der Waals surface area contributed by atoms with Gasteiger partial charge in [-0.05, 0) is 18.2 Å². The van der Waals surface area contributed by atoms with E-state index in [1.165, 1.54) is 6.07 Å². The van der Waals surface area contributed by atoms with Crippen molar-refractivity contribution in [3.8, 4) is 0 Å². The van der Waals surface area contributed by atoms with Crippen LogP contribution in [0.2, 0.25) is 5.02 Å². The maximum atomic E-state index is 11.6. The number of benzene rings is 1. The number of halogens is 1. The predicted octanol–water partition coefficient (Wildman–Crippen LogP) is 1.12. The molecule has 0 bridgehead atoms. The number of rotatable bonds is 0. The highest BCUT2D eigenvalue weighted by Crippen LogP contribution is 2.13. The van der Waals surface area contributed by atoms with Crippen LogP contribution in [0.15, 0.2) is 33.9 Å². The van der Waals surface area contributed by atoms with Crippen LogP contribution in [0, 0.1) is 0 Å². The van der Waals surface area contributed by atoms with E-state index >= 15 is 0 Å². The third-order valence-corrected chi connectivity index (χ3v) is 2.28. The number of nitrogen functional groups attached to an aromatic ring is 1. The number of nitrogens with two attached hydrogens (primary N) is 1. The van der Waals surface area contributed by atoms with Crippen molar-refractivity contribution < 1.29 is 0 Å². The van der Waals surface area contributed by atoms with Crippen LogP contribution in [0.25, 0.3) is 10.9 Å². The number of fused-ring (bicyclic) bond motifs is 1. The van der Waals surface area contributed by atoms with Gasteiger partial charge in [0.15, 0.2) is 5.43 Å². The molecule has 0 radical (unpaired) electrons. The molecule has 0 fully saturated rings. The summed E-state index contributed by atoms with van der Waals surface area (Å²) in [6.45, 7) is 0. The molecular weight excluding hydrogens is 216 g/mol. The second-order valence-electron chi connectivity index (χ2n) is 3.11. The van der Waals surface area contributed by atoms with E-state index in [-0.39, 0.29) is 11.1 Å². The van der Waals surface area contributed by atoms with Gasteiger partial charge in [0.2, 0.25) is 0 Å². The highest BCUT2D eigenvalue weighted by atomic mass is 35.5. The van der Waals surface area contributed by atoms with Crippen molar-refractivity contribution in [2.45, 2.75) is 0 Å². The Morgan fingerprint density at radius 3 is 2.67 bits per heavy atom. The molecule has 2 aromatic rings. The molecule has 2 rings (SSSR count). The number of H-pyrrole nitrogens is 1. The van der Waals surface area contributed by atoms with Gasteiger partial charge in [-0.2, -0.15) is 0 Å². The molecule has 0 spiro atoms. The molecule has 0 atom stereocenters. The van der Waals surface area contributed by atoms with Gasteiger partial charge in [0.25, 0.3) is 5.56 Å². The summed E-state index contributed by atoms with van der Waals surface area (Å²) >= 11 is 5.75. The zero-order valence-corrected chi connectivity index (χ0v) is 8.34. The van der Waals surface area contributed by atoms with Gasteiger partial charge in [0, 0.05) is 16.5 Å². The number of hydrogen-bond donors (Lipinski definition) is 2. The van der Waals surface area contributed by atoms with Gasteiger partial charge >= 0.3 is 0 Å². The lowest BCUT2D eigenvalue weighted by Crippen LogP contribution is -2.08. The van der Waals surface area contributed by atoms with Crippen molar-refractivity contribution >= 4 is 28.2 Å². The molecule has 0 aliphatic rings. The molecule has 1 heterocycles. The largest absolute Gasteiger partial charge is 0.394 e. The van der Waals surface area contributed by atoms with Gasteiger partial charge in [0.05, 0.1) is 5.52 Å². The molecular formula is C10H7ClN2O2. The second kappa shape index (κ2) is 3.40. The van der Waals surface area contributed by atoms with E-state index in [1.807, 2.05) is 0 Å². The van der Waals surface area contributed by atoms with Crippen LogP contribution in [0.3, 0.4) is 0 Å². The fourth-order valence-electron chi connectivity index (χ4n) is 1.31. The van der Waals surface area contributed by atoms with Crippen molar-refractivity contribution in [1.29, 1.82) is 0 Å². The average molecular weight is 223 g/mol. The molecule has 0 saturated carbocycles. The molecule has 1 aromatic carbocycles. The topological polar surface area (TPSA) is 76.0 Å². The van der Waals surface area contributed by atoms with Crippen molar-refractivity contribution in [3.63, 3.8) is 0 Å². The summed E-state index contributed by atoms with van der Waals surface area (Å²) in [7, 11) is 0. The molecule has 0 aliphatic carbocycles. The van der Waals surface area contributed by atoms with E-state index < -0.39 is 5.56 Å². The van der Waals surface area contributed by atoms with Gasteiger partial charge in [-0.25, -0.2) is 0 Å². The van der Waals surface area contributed by atoms with Crippen LogP contribution in [0.4, 0.5) is 5.69 Å². The smallest absolute Gasteiger partial charge is 0.271 e. The number of anilines is 1. The standard InChI is InChI=1S/C10H7ClN2O2/c11-5-1-2-6-8(3-5)13-10(15)7(12)4-9(6)14/h1-4H,12H2,(H,13,15). The first-order valence-electron chi connectivity index (χ1n) is 4.20. The summed E-state index contributed by atoms with van der Waals surface area (Å²) in [6, 6.07) is 5.75. The minimum atomic E-state index is -0.496. The molecule has 0 unspecified atom stereocenters. The molecule has 76 valence electrons. The first-order chi connectivity index (χ1) is 7.08. The Labute approximate surface area is 89.3 Å². The van der Waals surface area contributed by atoms with Crippen LogP contribution in [-0.4, -0.2) is 4.98 Å². The molecule has 0 amide bonds. The van der Waals surface area contributed by atoms with Gasteiger partial charge < -0.3 is 10.7 Å². The van der Waals surface area contributed by atoms with Gasteiger partial charge in [0.1, 0.15) is 5.69 Å². The van der Waals surface area contributed by atoms with E-state index in [0.29, 0.717) is 15.9 Å². The van der Waals surface area contributed by atoms with E-state index in [4.69, 9.17) is 17.3 Å². The highest BCUT2D eigenvalue weighted by molar-refractivity contribution is 6.31. The van der Waals surface area contributed by atoms with Gasteiger partial charge in [-0.15, -0.1) is 0 Å². The Hall–Kier alpha value is -1.81. The van der Waals surface area contributed by atoms with E-state index in [1.54, 1.807) is 12.1 Å². The van der Waals surface area contributed by atoms with Crippen LogP contribution in [-0.2, 0) is 0 Å². The summed E-state index contributed by atoms with van der Waals surface area (Å²) in [6.07, 6.45) is 0. The normalized spacial score (nSPS) is 10.5. The number of aromatic nitrogens is 1. The van der Waals surface area contributed by atoms with Crippen LogP contribution < -0.4 is 16.7 Å². The highest BCUT2D eigenvalue weighted by Gasteiger charge is 2.01. The van der Waals surface area contributed by atoms with Crippen LogP contribution in [0.1, 0.15) is 0 Å². The number of aromatic amines is 1. The van der Waals surface area contributed by atoms with Crippen molar-refractivity contribution in [3.05, 3.63) is 49.9 Å². The third kappa shape index (κ3) is 1.71. The minimum Gasteiger partial charge on any atom is -0.394 e. The first-order valence-corrected chi connectivity index (χ1v) is 4.58. The predicted molar refractivity (Wildman–Crippen MR) is 60.3 cm³/mol. The number of hydrogen-bond acceptors (Lipinski definition) is 3. The van der Waals surface area contributed by atoms with Gasteiger partial charge in [-0.3, -0.25) is 9.59 Å². The molecule has 1 aromatic heterocycles. The summed E-state index contributed by atoms with van der Waals surface area (Å²) in [4.78, 5) is 25.4. The van der Waals surface area contributed by atoms with Gasteiger partial charge in [-0.1, -0.05) is 11.6 Å². The lowest BCUT2D eigenvalue weighted by molar-refractivity contribution is 1.33. The zero-order valence-electron chi connectivity index (χ0n) is 7.58. The Balaban J connectivity index is 3.10. The van der Waals surface area contributed by atoms with E-state index in [2.05, 4.69) is 4.98 Å². The fraction of sp³-hybridized carbons (Fsp3) is 0. The van der Waals surface area contributed by atoms with Crippen molar-refractivity contribution in [2.24, 2.45) is 0 Å². The molecule has 4 nitrogen and oxygen atoms in total. The molecule has 5 heteroatoms. The Bertz CT molecular complexity index is 649. The van der Waals surface area contributed by atoms with Crippen LogP contribution >= 0.6 is 11.6 Å². The lowest BCUT2D eigenvalue weighted by atomic mass is 10.2. The quantitative estimate of drug-likeness (QED) is 0.702. The average Bonchev–Trinajstić information content (AvgIpc) is 2.25. The monoisotopic (exact) mass is 222 g/mol. The molecule has 0 saturated heterocycles. The summed E-state index contributed by atoms with van der Waals surface area (Å²) in [5.74, 6) is 0. The maximum absolute atomic E-state index is 11.6. The molecule has 3 N–H and O–H groups in total. The molecule has 0 aliphatic heterocycles. The van der Waals surface area contributed by atoms with E-state index in [0.717, 1.165) is 6.07 Å². The van der Waals surface area contributed by atoms with E-state index in [9.17, 15) is 9.59 Å². The molecule has 15 heavy (non-hydrogen) atoms. The van der Waals surface area contributed by atoms with Crippen molar-refractivity contribution in [2.75, 3.05) is 5.73 Å². The zero-order chi connectivity index (χ0) is 11.0. The summed E-state index contributed by atoms with van der Waals surface area (Å²) in [5.41, 5.74) is 4.86.